The molecular weight excluding hydrogens is 164 g/mol. The van der Waals surface area contributed by atoms with Crippen molar-refractivity contribution in [2.45, 2.75) is 6.42 Å². The first-order valence-corrected chi connectivity index (χ1v) is 4.04. The van der Waals surface area contributed by atoms with E-state index in [1.807, 2.05) is 30.3 Å². The van der Waals surface area contributed by atoms with Crippen LogP contribution in [0.3, 0.4) is 0 Å². The second-order valence-electron chi connectivity index (χ2n) is 2.79. The van der Waals surface area contributed by atoms with Gasteiger partial charge in [-0.3, -0.25) is 4.79 Å². The minimum atomic E-state index is -0.258. The lowest BCUT2D eigenvalue weighted by atomic mass is 10.1. The second-order valence-corrected chi connectivity index (χ2v) is 2.79. The van der Waals surface area contributed by atoms with Crippen LogP contribution in [0.15, 0.2) is 40.3 Å². The Morgan fingerprint density at radius 3 is 2.54 bits per heavy atom. The molecule has 2 rings (SSSR count). The molecule has 3 heteroatoms. The fourth-order valence-corrected chi connectivity index (χ4v) is 1.18. The van der Waals surface area contributed by atoms with E-state index in [-0.39, 0.29) is 5.91 Å². The van der Waals surface area contributed by atoms with E-state index in [0.717, 1.165) is 5.56 Å². The molecule has 1 aromatic rings. The highest BCUT2D eigenvalue weighted by Gasteiger charge is 2.07. The van der Waals surface area contributed by atoms with Crippen molar-refractivity contribution in [1.82, 2.24) is 0 Å². The molecule has 1 aliphatic rings. The van der Waals surface area contributed by atoms with E-state index >= 15 is 0 Å². The van der Waals surface area contributed by atoms with Crippen molar-refractivity contribution < 1.29 is 4.79 Å². The summed E-state index contributed by atoms with van der Waals surface area (Å²) in [6.45, 7) is 0. The first-order chi connectivity index (χ1) is 6.34. The Labute approximate surface area is 75.8 Å². The summed E-state index contributed by atoms with van der Waals surface area (Å²) in [6.07, 6.45) is 1.88. The molecule has 1 amide bonds. The van der Waals surface area contributed by atoms with Crippen LogP contribution in [-0.4, -0.2) is 18.0 Å². The molecule has 0 spiro atoms. The first kappa shape index (κ1) is 7.86. The molecule has 64 valence electrons. The zero-order valence-corrected chi connectivity index (χ0v) is 6.97. The van der Waals surface area contributed by atoms with Gasteiger partial charge in [-0.05, 0) is 5.56 Å². The number of hydrogen-bond donors (Lipinski definition) is 0. The van der Waals surface area contributed by atoms with Gasteiger partial charge in [0.15, 0.2) is 0 Å². The van der Waals surface area contributed by atoms with E-state index < -0.39 is 0 Å². The number of carbonyl (C=O) groups is 1. The van der Waals surface area contributed by atoms with Crippen LogP contribution in [0.1, 0.15) is 5.56 Å². The minimum Gasteiger partial charge on any atom is -0.266 e. The summed E-state index contributed by atoms with van der Waals surface area (Å²) in [5.74, 6) is 0.335. The quantitative estimate of drug-likeness (QED) is 0.661. The largest absolute Gasteiger partial charge is 0.289 e. The van der Waals surface area contributed by atoms with Crippen LogP contribution in [0.5, 0.6) is 0 Å². The van der Waals surface area contributed by atoms with Crippen molar-refractivity contribution in [3.63, 3.8) is 0 Å². The van der Waals surface area contributed by atoms with Crippen molar-refractivity contribution in [2.75, 3.05) is 0 Å². The van der Waals surface area contributed by atoms with Crippen molar-refractivity contribution in [1.29, 1.82) is 0 Å². The fourth-order valence-electron chi connectivity index (χ4n) is 1.18. The topological polar surface area (TPSA) is 41.8 Å². The number of carbonyl (C=O) groups excluding carboxylic acids is 1. The minimum absolute atomic E-state index is 0.258. The smallest absolute Gasteiger partial charge is 0.266 e. The highest BCUT2D eigenvalue weighted by Crippen LogP contribution is 2.03. The normalized spacial score (nSPS) is 14.8. The first-order valence-electron chi connectivity index (χ1n) is 4.04. The summed E-state index contributed by atoms with van der Waals surface area (Å²) >= 11 is 0. The SMILES string of the molecule is O=C1C=NC(Cc2ccccc2)=N1. The zero-order valence-electron chi connectivity index (χ0n) is 6.97. The van der Waals surface area contributed by atoms with Gasteiger partial charge in [0.2, 0.25) is 0 Å². The Hall–Kier alpha value is -1.77. The molecular formula is C10H8N2O. The lowest BCUT2D eigenvalue weighted by Crippen LogP contribution is -1.96. The third-order valence-electron chi connectivity index (χ3n) is 1.77. The number of hydrogen-bond acceptors (Lipinski definition) is 2. The Bertz CT molecular complexity index is 379. The third kappa shape index (κ3) is 1.87. The van der Waals surface area contributed by atoms with Crippen molar-refractivity contribution >= 4 is 18.0 Å². The van der Waals surface area contributed by atoms with Crippen molar-refractivity contribution in [2.24, 2.45) is 9.98 Å². The molecule has 0 aliphatic carbocycles. The predicted octanol–water partition coefficient (Wildman–Crippen LogP) is 1.24. The van der Waals surface area contributed by atoms with Gasteiger partial charge in [0, 0.05) is 6.42 Å². The Kier molecular flexibility index (Phi) is 2.00. The Balaban J connectivity index is 2.12. The van der Waals surface area contributed by atoms with E-state index in [1.54, 1.807) is 0 Å². The van der Waals surface area contributed by atoms with Gasteiger partial charge in [0.05, 0.1) is 6.21 Å². The molecule has 0 saturated heterocycles. The van der Waals surface area contributed by atoms with Gasteiger partial charge in [0.1, 0.15) is 5.84 Å². The molecule has 3 nitrogen and oxygen atoms in total. The number of amidine groups is 1. The summed E-state index contributed by atoms with van der Waals surface area (Å²) in [4.78, 5) is 18.3. The number of rotatable bonds is 2. The van der Waals surface area contributed by atoms with Crippen molar-refractivity contribution in [3.05, 3.63) is 35.9 Å². The maximum absolute atomic E-state index is 10.7. The number of benzene rings is 1. The van der Waals surface area contributed by atoms with Gasteiger partial charge in [-0.1, -0.05) is 30.3 Å². The fraction of sp³-hybridized carbons (Fsp3) is 0.100. The molecule has 1 heterocycles. The van der Waals surface area contributed by atoms with E-state index in [1.165, 1.54) is 6.21 Å². The van der Waals surface area contributed by atoms with Gasteiger partial charge in [0.25, 0.3) is 5.91 Å². The molecule has 0 radical (unpaired) electrons. The number of aliphatic imine (C=N–C) groups is 2. The van der Waals surface area contributed by atoms with Crippen LogP contribution >= 0.6 is 0 Å². The molecule has 13 heavy (non-hydrogen) atoms. The number of amides is 1. The Morgan fingerprint density at radius 1 is 1.15 bits per heavy atom. The van der Waals surface area contributed by atoms with Crippen LogP contribution in [0.25, 0.3) is 0 Å². The number of nitrogens with zero attached hydrogens (tertiary/aromatic N) is 2. The maximum atomic E-state index is 10.7. The maximum Gasteiger partial charge on any atom is 0.289 e. The average molecular weight is 172 g/mol. The molecule has 0 aromatic heterocycles. The average Bonchev–Trinajstić information content (AvgIpc) is 2.53. The van der Waals surface area contributed by atoms with Crippen LogP contribution in [0, 0.1) is 0 Å². The van der Waals surface area contributed by atoms with E-state index in [9.17, 15) is 4.79 Å². The summed E-state index contributed by atoms with van der Waals surface area (Å²) in [5, 5.41) is 0. The molecule has 0 N–H and O–H groups in total. The molecule has 0 saturated carbocycles. The molecule has 1 aromatic carbocycles. The monoisotopic (exact) mass is 172 g/mol. The summed E-state index contributed by atoms with van der Waals surface area (Å²) < 4.78 is 0. The van der Waals surface area contributed by atoms with E-state index in [2.05, 4.69) is 9.98 Å². The second kappa shape index (κ2) is 3.31. The molecule has 0 unspecified atom stereocenters. The van der Waals surface area contributed by atoms with Gasteiger partial charge < -0.3 is 0 Å². The van der Waals surface area contributed by atoms with Crippen LogP contribution in [-0.2, 0) is 11.2 Å². The van der Waals surface area contributed by atoms with Gasteiger partial charge in [-0.15, -0.1) is 0 Å². The molecule has 0 bridgehead atoms. The van der Waals surface area contributed by atoms with Gasteiger partial charge in [-0.25, -0.2) is 4.99 Å². The lowest BCUT2D eigenvalue weighted by Gasteiger charge is -1.96. The van der Waals surface area contributed by atoms with E-state index in [0.29, 0.717) is 12.3 Å². The molecule has 0 fully saturated rings. The zero-order chi connectivity index (χ0) is 9.10. The van der Waals surface area contributed by atoms with Crippen molar-refractivity contribution in [3.8, 4) is 0 Å². The van der Waals surface area contributed by atoms with Gasteiger partial charge in [-0.2, -0.15) is 4.99 Å². The summed E-state index contributed by atoms with van der Waals surface area (Å²) in [5.41, 5.74) is 1.12. The third-order valence-corrected chi connectivity index (χ3v) is 1.77. The standard InChI is InChI=1S/C10H8N2O/c13-10-7-11-9(12-10)6-8-4-2-1-3-5-8/h1-5,7H,6H2. The van der Waals surface area contributed by atoms with Crippen LogP contribution < -0.4 is 0 Å². The van der Waals surface area contributed by atoms with E-state index in [4.69, 9.17) is 0 Å². The lowest BCUT2D eigenvalue weighted by molar-refractivity contribution is -0.111. The Morgan fingerprint density at radius 2 is 1.92 bits per heavy atom. The highest BCUT2D eigenvalue weighted by molar-refractivity contribution is 6.34. The predicted molar refractivity (Wildman–Crippen MR) is 51.1 cm³/mol. The molecule has 1 aliphatic heterocycles. The summed E-state index contributed by atoms with van der Waals surface area (Å²) in [6, 6.07) is 9.84. The highest BCUT2D eigenvalue weighted by atomic mass is 16.1. The van der Waals surface area contributed by atoms with Gasteiger partial charge >= 0.3 is 0 Å². The summed E-state index contributed by atoms with van der Waals surface area (Å²) in [7, 11) is 0. The van der Waals surface area contributed by atoms with Crippen LogP contribution in [0.2, 0.25) is 0 Å². The van der Waals surface area contributed by atoms with Crippen LogP contribution in [0.4, 0.5) is 0 Å². The molecule has 0 atom stereocenters.